The van der Waals surface area contributed by atoms with Crippen LogP contribution in [0.4, 0.5) is 11.5 Å². The topological polar surface area (TPSA) is 86.2 Å². The van der Waals surface area contributed by atoms with Crippen LogP contribution in [0.2, 0.25) is 0 Å². The van der Waals surface area contributed by atoms with Crippen molar-refractivity contribution in [3.05, 3.63) is 50.7 Å². The lowest BCUT2D eigenvalue weighted by molar-refractivity contribution is 0.600. The smallest absolute Gasteiger partial charge is 0.326 e. The van der Waals surface area contributed by atoms with E-state index in [4.69, 9.17) is 5.73 Å². The van der Waals surface area contributed by atoms with Gasteiger partial charge in [0.1, 0.15) is 0 Å². The van der Waals surface area contributed by atoms with Gasteiger partial charge in [-0.3, -0.25) is 9.36 Å². The van der Waals surface area contributed by atoms with E-state index in [1.54, 1.807) is 11.9 Å². The minimum Gasteiger partial charge on any atom is -0.326 e. The number of aryl methyl sites for hydroxylation is 1. The van der Waals surface area contributed by atoms with Crippen molar-refractivity contribution in [2.45, 2.75) is 6.54 Å². The van der Waals surface area contributed by atoms with Gasteiger partial charge in [0.25, 0.3) is 5.56 Å². The molecule has 2 rings (SSSR count). The number of anilines is 2. The molecular weight excluding hydrogens is 258 g/mol. The summed E-state index contributed by atoms with van der Waals surface area (Å²) in [6.07, 6.45) is 0. The van der Waals surface area contributed by atoms with Crippen LogP contribution < -0.4 is 21.9 Å². The lowest BCUT2D eigenvalue weighted by atomic mass is 10.1. The highest BCUT2D eigenvalue weighted by Crippen LogP contribution is 2.22. The monoisotopic (exact) mass is 275 g/mol. The van der Waals surface area contributed by atoms with E-state index in [1.165, 1.54) is 14.1 Å². The minimum absolute atomic E-state index is 0.176. The molecule has 2 N–H and O–H groups in total. The highest BCUT2D eigenvalue weighted by Gasteiger charge is 2.16. The molecule has 0 radical (unpaired) electrons. The van der Waals surface area contributed by atoms with Crippen molar-refractivity contribution < 1.29 is 0 Å². The molecule has 0 amide bonds. The maximum atomic E-state index is 12.2. The Balaban J connectivity index is 2.63. The fourth-order valence-electron chi connectivity index (χ4n) is 2.02. The zero-order chi connectivity index (χ0) is 14.9. The van der Waals surface area contributed by atoms with Crippen LogP contribution in [0.1, 0.15) is 5.56 Å². The van der Waals surface area contributed by atoms with Gasteiger partial charge in [0.2, 0.25) is 5.82 Å². The summed E-state index contributed by atoms with van der Waals surface area (Å²) in [5.74, 6) is 0.176. The van der Waals surface area contributed by atoms with Crippen molar-refractivity contribution in [1.29, 1.82) is 0 Å². The van der Waals surface area contributed by atoms with E-state index in [0.29, 0.717) is 6.54 Å². The number of hydrogen-bond donors (Lipinski definition) is 1. The Kier molecular flexibility index (Phi) is 3.71. The van der Waals surface area contributed by atoms with E-state index >= 15 is 0 Å². The summed E-state index contributed by atoms with van der Waals surface area (Å²) in [6.45, 7) is 0.354. The second-order valence-electron chi connectivity index (χ2n) is 4.49. The van der Waals surface area contributed by atoms with Gasteiger partial charge in [-0.05, 0) is 11.6 Å². The molecule has 106 valence electrons. The first-order valence-electron chi connectivity index (χ1n) is 6.13. The normalized spacial score (nSPS) is 10.6. The Morgan fingerprint density at radius 2 is 1.90 bits per heavy atom. The third-order valence-electron chi connectivity index (χ3n) is 3.19. The molecule has 20 heavy (non-hydrogen) atoms. The zero-order valence-corrected chi connectivity index (χ0v) is 11.7. The molecule has 7 heteroatoms. The van der Waals surface area contributed by atoms with Gasteiger partial charge in [-0.2, -0.15) is 0 Å². The number of nitrogens with two attached hydrogens (primary N) is 1. The average molecular weight is 275 g/mol. The number of nitrogens with zero attached hydrogens (tertiary/aromatic N) is 4. The van der Waals surface area contributed by atoms with Gasteiger partial charge < -0.3 is 10.6 Å². The van der Waals surface area contributed by atoms with Gasteiger partial charge in [-0.1, -0.05) is 18.2 Å². The summed E-state index contributed by atoms with van der Waals surface area (Å²) < 4.78 is 2.17. The van der Waals surface area contributed by atoms with Crippen LogP contribution in [0.5, 0.6) is 0 Å². The summed E-state index contributed by atoms with van der Waals surface area (Å²) in [5, 5.41) is 4.04. The summed E-state index contributed by atoms with van der Waals surface area (Å²) in [7, 11) is 4.66. The SMILES string of the molecule is CN(c1ccccc1CN)c1nn(C)c(=O)n(C)c1=O. The molecule has 0 aliphatic carbocycles. The lowest BCUT2D eigenvalue weighted by Gasteiger charge is -2.21. The highest BCUT2D eigenvalue weighted by atomic mass is 16.2. The third-order valence-corrected chi connectivity index (χ3v) is 3.19. The van der Waals surface area contributed by atoms with E-state index in [-0.39, 0.29) is 5.82 Å². The van der Waals surface area contributed by atoms with Gasteiger partial charge >= 0.3 is 5.69 Å². The lowest BCUT2D eigenvalue weighted by Crippen LogP contribution is -2.41. The van der Waals surface area contributed by atoms with Crippen LogP contribution in [-0.4, -0.2) is 21.4 Å². The molecule has 1 heterocycles. The van der Waals surface area contributed by atoms with Crippen molar-refractivity contribution in [2.75, 3.05) is 11.9 Å². The number of para-hydroxylation sites is 1. The van der Waals surface area contributed by atoms with Gasteiger partial charge in [0.15, 0.2) is 0 Å². The molecule has 0 unspecified atom stereocenters. The van der Waals surface area contributed by atoms with Crippen molar-refractivity contribution in [3.63, 3.8) is 0 Å². The average Bonchev–Trinajstić information content (AvgIpc) is 2.48. The highest BCUT2D eigenvalue weighted by molar-refractivity contribution is 5.62. The molecule has 7 nitrogen and oxygen atoms in total. The maximum absolute atomic E-state index is 12.2. The molecule has 1 aromatic carbocycles. The number of aromatic nitrogens is 3. The van der Waals surface area contributed by atoms with E-state index in [1.807, 2.05) is 24.3 Å². The van der Waals surface area contributed by atoms with Crippen LogP contribution >= 0.6 is 0 Å². The molecular formula is C13H17N5O2. The number of hydrogen-bond acceptors (Lipinski definition) is 5. The molecule has 0 aliphatic rings. The fraction of sp³-hybridized carbons (Fsp3) is 0.308. The van der Waals surface area contributed by atoms with E-state index in [9.17, 15) is 9.59 Å². The van der Waals surface area contributed by atoms with Crippen molar-refractivity contribution in [1.82, 2.24) is 14.3 Å². The van der Waals surface area contributed by atoms with Crippen molar-refractivity contribution in [3.8, 4) is 0 Å². The van der Waals surface area contributed by atoms with Crippen LogP contribution in [0, 0.1) is 0 Å². The molecule has 0 saturated carbocycles. The predicted octanol–water partition coefficient (Wildman–Crippen LogP) is -0.294. The largest absolute Gasteiger partial charge is 0.346 e. The fourth-order valence-corrected chi connectivity index (χ4v) is 2.02. The first kappa shape index (κ1) is 14.0. The first-order chi connectivity index (χ1) is 9.47. The Labute approximate surface area is 115 Å². The second-order valence-corrected chi connectivity index (χ2v) is 4.49. The Morgan fingerprint density at radius 1 is 1.25 bits per heavy atom. The number of benzene rings is 1. The molecule has 0 fully saturated rings. The first-order valence-corrected chi connectivity index (χ1v) is 6.13. The molecule has 0 saturated heterocycles. The van der Waals surface area contributed by atoms with E-state index in [0.717, 1.165) is 20.5 Å². The van der Waals surface area contributed by atoms with Gasteiger partial charge in [-0.25, -0.2) is 9.48 Å². The Bertz CT molecular complexity index is 747. The van der Waals surface area contributed by atoms with Crippen LogP contribution in [-0.2, 0) is 20.6 Å². The summed E-state index contributed by atoms with van der Waals surface area (Å²) in [6, 6.07) is 7.48. The van der Waals surface area contributed by atoms with Crippen molar-refractivity contribution >= 4 is 11.5 Å². The van der Waals surface area contributed by atoms with Crippen LogP contribution in [0.25, 0.3) is 0 Å². The Morgan fingerprint density at radius 3 is 2.55 bits per heavy atom. The summed E-state index contributed by atoms with van der Waals surface area (Å²) in [4.78, 5) is 25.5. The van der Waals surface area contributed by atoms with Gasteiger partial charge in [0, 0.05) is 33.4 Å². The molecule has 2 aromatic rings. The molecule has 0 atom stereocenters. The molecule has 0 aliphatic heterocycles. The third kappa shape index (κ3) is 2.23. The number of rotatable bonds is 3. The molecule has 1 aromatic heterocycles. The summed E-state index contributed by atoms with van der Waals surface area (Å²) >= 11 is 0. The summed E-state index contributed by atoms with van der Waals surface area (Å²) in [5.41, 5.74) is 6.49. The quantitative estimate of drug-likeness (QED) is 0.831. The molecule has 0 bridgehead atoms. The van der Waals surface area contributed by atoms with Crippen LogP contribution in [0.15, 0.2) is 33.9 Å². The second kappa shape index (κ2) is 5.30. The standard InChI is InChI=1S/C13H17N5O2/c1-16(10-7-5-4-6-9(10)8-14)11-12(19)17(2)13(20)18(3)15-11/h4-7H,8,14H2,1-3H3. The zero-order valence-electron chi connectivity index (χ0n) is 11.7. The minimum atomic E-state index is -0.459. The van der Waals surface area contributed by atoms with Gasteiger partial charge in [0.05, 0.1) is 0 Å². The van der Waals surface area contributed by atoms with Crippen LogP contribution in [0.3, 0.4) is 0 Å². The maximum Gasteiger partial charge on any atom is 0.346 e. The van der Waals surface area contributed by atoms with E-state index in [2.05, 4.69) is 5.10 Å². The van der Waals surface area contributed by atoms with E-state index < -0.39 is 11.2 Å². The van der Waals surface area contributed by atoms with Crippen molar-refractivity contribution in [2.24, 2.45) is 19.8 Å². The molecule has 0 spiro atoms. The Hall–Kier alpha value is -2.41. The van der Waals surface area contributed by atoms with Gasteiger partial charge in [-0.15, -0.1) is 5.10 Å². The predicted molar refractivity (Wildman–Crippen MR) is 77.1 cm³/mol.